The molecule has 3 aromatic carbocycles. The molecule has 0 aliphatic carbocycles. The molecule has 3 heterocycles. The molecule has 0 aliphatic heterocycles. The van der Waals surface area contributed by atoms with Crippen molar-refractivity contribution in [3.05, 3.63) is 84.3 Å². The Kier molecular flexibility index (Phi) is 4.33. The van der Waals surface area contributed by atoms with Crippen molar-refractivity contribution in [1.82, 2.24) is 24.5 Å². The molecule has 0 amide bonds. The fourth-order valence-corrected chi connectivity index (χ4v) is 4.67. The van der Waals surface area contributed by atoms with Crippen LogP contribution in [0.25, 0.3) is 50.0 Å². The molecule has 0 unspecified atom stereocenters. The van der Waals surface area contributed by atoms with E-state index in [1.54, 1.807) is 25.7 Å². The van der Waals surface area contributed by atoms with E-state index in [-0.39, 0.29) is 0 Å². The Morgan fingerprint density at radius 3 is 2.27 bits per heavy atom. The molecule has 33 heavy (non-hydrogen) atoms. The summed E-state index contributed by atoms with van der Waals surface area (Å²) in [5.74, 6) is 0.854. The zero-order valence-electron chi connectivity index (χ0n) is 18.6. The van der Waals surface area contributed by atoms with Gasteiger partial charge in [0.2, 0.25) is 0 Å². The van der Waals surface area contributed by atoms with Crippen LogP contribution in [0.5, 0.6) is 5.75 Å². The molecule has 0 N–H and O–H groups in total. The number of methoxy groups -OCH3 is 1. The van der Waals surface area contributed by atoms with Gasteiger partial charge in [-0.1, -0.05) is 18.2 Å². The van der Waals surface area contributed by atoms with Crippen molar-refractivity contribution in [3.63, 3.8) is 0 Å². The van der Waals surface area contributed by atoms with Crippen molar-refractivity contribution < 1.29 is 4.74 Å². The van der Waals surface area contributed by atoms with Crippen LogP contribution >= 0.6 is 0 Å². The highest BCUT2D eigenvalue weighted by molar-refractivity contribution is 6.10. The van der Waals surface area contributed by atoms with Gasteiger partial charge < -0.3 is 9.30 Å². The number of benzene rings is 3. The topological polar surface area (TPSA) is 65.7 Å². The van der Waals surface area contributed by atoms with Crippen molar-refractivity contribution in [1.29, 1.82) is 0 Å². The van der Waals surface area contributed by atoms with E-state index in [9.17, 15) is 0 Å². The van der Waals surface area contributed by atoms with E-state index in [1.807, 2.05) is 6.07 Å². The van der Waals surface area contributed by atoms with Crippen LogP contribution in [0.4, 0.5) is 0 Å². The third-order valence-corrected chi connectivity index (χ3v) is 6.09. The van der Waals surface area contributed by atoms with E-state index < -0.39 is 0 Å². The minimum absolute atomic E-state index is 0.547. The highest BCUT2D eigenvalue weighted by atomic mass is 16.5. The molecule has 0 aliphatic rings. The molecule has 3 aromatic heterocycles. The van der Waals surface area contributed by atoms with Crippen LogP contribution in [0, 0.1) is 13.8 Å². The van der Waals surface area contributed by atoms with Crippen LogP contribution in [-0.2, 0) is 0 Å². The molecule has 0 radical (unpaired) electrons. The lowest BCUT2D eigenvalue weighted by atomic mass is 10.0. The number of hydrogen-bond acceptors (Lipinski definition) is 5. The molecular formula is C27H21N5O. The van der Waals surface area contributed by atoms with Gasteiger partial charge in [0.25, 0.3) is 0 Å². The Morgan fingerprint density at radius 1 is 0.758 bits per heavy atom. The van der Waals surface area contributed by atoms with Crippen molar-refractivity contribution >= 4 is 33.1 Å². The normalized spacial score (nSPS) is 11.5. The van der Waals surface area contributed by atoms with E-state index in [2.05, 4.69) is 86.9 Å². The van der Waals surface area contributed by atoms with Crippen molar-refractivity contribution in [2.75, 3.05) is 7.11 Å². The molecular weight excluding hydrogens is 410 g/mol. The third kappa shape index (κ3) is 3.03. The molecule has 6 nitrogen and oxygen atoms in total. The van der Waals surface area contributed by atoms with Gasteiger partial charge in [0.15, 0.2) is 11.3 Å². The average molecular weight is 431 g/mol. The Balaban J connectivity index is 1.58. The van der Waals surface area contributed by atoms with Gasteiger partial charge in [0.1, 0.15) is 5.75 Å². The average Bonchev–Trinajstić information content (AvgIpc) is 3.17. The molecule has 160 valence electrons. The van der Waals surface area contributed by atoms with Crippen molar-refractivity contribution in [2.24, 2.45) is 0 Å². The molecule has 6 heteroatoms. The number of hydrogen-bond donors (Lipinski definition) is 0. The van der Waals surface area contributed by atoms with E-state index in [0.717, 1.165) is 33.7 Å². The summed E-state index contributed by atoms with van der Waals surface area (Å²) in [5, 5.41) is 2.38. The number of para-hydroxylation sites is 1. The Bertz CT molecular complexity index is 1660. The summed E-state index contributed by atoms with van der Waals surface area (Å²) in [7, 11) is 1.70. The number of rotatable bonds is 3. The van der Waals surface area contributed by atoms with Gasteiger partial charge in [0, 0.05) is 28.7 Å². The van der Waals surface area contributed by atoms with Crippen molar-refractivity contribution in [3.8, 4) is 22.7 Å². The van der Waals surface area contributed by atoms with Crippen LogP contribution in [-0.4, -0.2) is 31.6 Å². The second-order valence-electron chi connectivity index (χ2n) is 8.15. The SMILES string of the molecule is COc1ccc2c(c1)c1ccccc1n2-c1c(C)cc(-c2cnc3nccnc3n2)cc1C. The summed E-state index contributed by atoms with van der Waals surface area (Å²) >= 11 is 0. The molecule has 0 bridgehead atoms. The van der Waals surface area contributed by atoms with E-state index in [0.29, 0.717) is 11.3 Å². The zero-order valence-corrected chi connectivity index (χ0v) is 18.6. The predicted octanol–water partition coefficient (Wildman–Crippen LogP) is 5.81. The van der Waals surface area contributed by atoms with Gasteiger partial charge in [-0.3, -0.25) is 0 Å². The second-order valence-corrected chi connectivity index (χ2v) is 8.15. The maximum absolute atomic E-state index is 5.50. The minimum Gasteiger partial charge on any atom is -0.497 e. The second kappa shape index (κ2) is 7.38. The smallest absolute Gasteiger partial charge is 0.198 e. The van der Waals surface area contributed by atoms with E-state index in [1.165, 1.54) is 22.0 Å². The molecule has 6 aromatic rings. The van der Waals surface area contributed by atoms with Gasteiger partial charge in [-0.05, 0) is 61.4 Å². The summed E-state index contributed by atoms with van der Waals surface area (Å²) in [5.41, 5.74) is 8.69. The standard InChI is InChI=1S/C27H21N5O/c1-16-12-18(22-15-30-26-27(31-22)29-11-10-28-26)13-17(2)25(16)32-23-7-5-4-6-20(23)21-14-19(33-3)8-9-24(21)32/h4-15H,1-3H3. The highest BCUT2D eigenvalue weighted by Crippen LogP contribution is 2.37. The lowest BCUT2D eigenvalue weighted by molar-refractivity contribution is 0.415. The summed E-state index contributed by atoms with van der Waals surface area (Å²) in [6.07, 6.45) is 5.02. The van der Waals surface area contributed by atoms with Crippen LogP contribution in [0.1, 0.15) is 11.1 Å². The molecule has 0 saturated carbocycles. The Morgan fingerprint density at radius 2 is 1.48 bits per heavy atom. The summed E-state index contributed by atoms with van der Waals surface area (Å²) in [6, 6.07) is 19.1. The van der Waals surface area contributed by atoms with E-state index >= 15 is 0 Å². The van der Waals surface area contributed by atoms with Gasteiger partial charge in [-0.15, -0.1) is 0 Å². The zero-order chi connectivity index (χ0) is 22.5. The van der Waals surface area contributed by atoms with Crippen LogP contribution < -0.4 is 4.74 Å². The monoisotopic (exact) mass is 431 g/mol. The largest absolute Gasteiger partial charge is 0.497 e. The number of aromatic nitrogens is 5. The number of aryl methyl sites for hydroxylation is 2. The van der Waals surface area contributed by atoms with Crippen LogP contribution in [0.3, 0.4) is 0 Å². The highest BCUT2D eigenvalue weighted by Gasteiger charge is 2.17. The van der Waals surface area contributed by atoms with Gasteiger partial charge in [-0.2, -0.15) is 0 Å². The first-order chi connectivity index (χ1) is 16.1. The molecule has 0 saturated heterocycles. The number of fused-ring (bicyclic) bond motifs is 4. The first kappa shape index (κ1) is 19.4. The predicted molar refractivity (Wildman–Crippen MR) is 131 cm³/mol. The van der Waals surface area contributed by atoms with Crippen LogP contribution in [0.15, 0.2) is 73.2 Å². The molecule has 6 rings (SSSR count). The lowest BCUT2D eigenvalue weighted by Crippen LogP contribution is -2.01. The maximum Gasteiger partial charge on any atom is 0.198 e. The van der Waals surface area contributed by atoms with Gasteiger partial charge in [-0.25, -0.2) is 19.9 Å². The Hall–Kier alpha value is -4.32. The Labute approximate surface area is 190 Å². The first-order valence-corrected chi connectivity index (χ1v) is 10.8. The quantitative estimate of drug-likeness (QED) is 0.354. The van der Waals surface area contributed by atoms with E-state index in [4.69, 9.17) is 4.74 Å². The summed E-state index contributed by atoms with van der Waals surface area (Å²) in [4.78, 5) is 17.6. The van der Waals surface area contributed by atoms with Gasteiger partial charge in [0.05, 0.1) is 35.7 Å². The lowest BCUT2D eigenvalue weighted by Gasteiger charge is -2.16. The fraction of sp³-hybridized carbons (Fsp3) is 0.111. The summed E-state index contributed by atoms with van der Waals surface area (Å²) < 4.78 is 7.84. The minimum atomic E-state index is 0.547. The number of nitrogens with zero attached hydrogens (tertiary/aromatic N) is 5. The fourth-order valence-electron chi connectivity index (χ4n) is 4.67. The van der Waals surface area contributed by atoms with Crippen LogP contribution in [0.2, 0.25) is 0 Å². The van der Waals surface area contributed by atoms with Crippen molar-refractivity contribution in [2.45, 2.75) is 13.8 Å². The maximum atomic E-state index is 5.50. The molecule has 0 spiro atoms. The number of ether oxygens (including phenoxy) is 1. The molecule has 0 atom stereocenters. The van der Waals surface area contributed by atoms with Gasteiger partial charge >= 0.3 is 0 Å². The molecule has 0 fully saturated rings. The first-order valence-electron chi connectivity index (χ1n) is 10.8. The third-order valence-electron chi connectivity index (χ3n) is 6.09. The summed E-state index contributed by atoms with van der Waals surface area (Å²) in [6.45, 7) is 4.29.